The Hall–Kier alpha value is -6.97. The number of halogens is 3. The first kappa shape index (κ1) is 43.7. The van der Waals surface area contributed by atoms with Crippen LogP contribution in [0.25, 0.3) is 17.1 Å². The van der Waals surface area contributed by atoms with Gasteiger partial charge >= 0.3 is 6.18 Å². The minimum absolute atomic E-state index is 0.0436. The van der Waals surface area contributed by atoms with Gasteiger partial charge in [0.05, 0.1) is 41.9 Å². The second kappa shape index (κ2) is 19.2. The Labute approximate surface area is 363 Å². The first-order valence-electron chi connectivity index (χ1n) is 20.7. The van der Waals surface area contributed by atoms with Gasteiger partial charge in [-0.1, -0.05) is 18.2 Å². The van der Waals surface area contributed by atoms with Gasteiger partial charge in [0.15, 0.2) is 11.4 Å². The lowest BCUT2D eigenvalue weighted by molar-refractivity contribution is -0.140. The van der Waals surface area contributed by atoms with Gasteiger partial charge in [0.1, 0.15) is 18.1 Å². The third kappa shape index (κ3) is 10.3. The van der Waals surface area contributed by atoms with Gasteiger partial charge in [-0.15, -0.1) is 0 Å². The zero-order valence-electron chi connectivity index (χ0n) is 34.3. The van der Waals surface area contributed by atoms with E-state index in [4.69, 9.17) is 9.15 Å². The van der Waals surface area contributed by atoms with Crippen LogP contribution < -0.4 is 31.9 Å². The predicted octanol–water partition coefficient (Wildman–Crippen LogP) is 4.22. The topological polar surface area (TPSA) is 227 Å². The van der Waals surface area contributed by atoms with Crippen LogP contribution in [0.5, 0.6) is 0 Å². The van der Waals surface area contributed by atoms with Crippen LogP contribution in [0.4, 0.5) is 30.4 Å². The molecule has 8 rings (SSSR count). The minimum Gasteiger partial charge on any atom is -0.444 e. The average molecular weight is 884 g/mol. The number of alkyl halides is 3. The summed E-state index contributed by atoms with van der Waals surface area (Å²) in [5, 5.41) is 21.1. The molecule has 1 atom stereocenters. The molecule has 3 aromatic heterocycles. The number of nitrogens with one attached hydrogen (secondary N) is 6. The molecule has 0 radical (unpaired) electrons. The zero-order valence-corrected chi connectivity index (χ0v) is 34.3. The average Bonchev–Trinajstić information content (AvgIpc) is 3.67. The van der Waals surface area contributed by atoms with Crippen molar-refractivity contribution < 1.29 is 46.3 Å². The highest BCUT2D eigenvalue weighted by Gasteiger charge is 2.45. The molecule has 334 valence electrons. The summed E-state index contributed by atoms with van der Waals surface area (Å²) in [7, 11) is 0. The molecule has 2 fully saturated rings. The minimum atomic E-state index is -4.86. The van der Waals surface area contributed by atoms with Crippen molar-refractivity contribution in [3.05, 3.63) is 101 Å². The van der Waals surface area contributed by atoms with E-state index in [0.29, 0.717) is 74.6 Å². The van der Waals surface area contributed by atoms with Crippen LogP contribution in [-0.2, 0) is 27.0 Å². The van der Waals surface area contributed by atoms with Crippen LogP contribution in [0.3, 0.4) is 0 Å². The zero-order chi connectivity index (χ0) is 44.8. The number of anilines is 3. The molecule has 2 aliphatic heterocycles. The quantitative estimate of drug-likeness (QED) is 0.0476. The molecule has 6 N–H and O–H groups in total. The van der Waals surface area contributed by atoms with Gasteiger partial charge in [-0.3, -0.25) is 34.2 Å². The lowest BCUT2D eigenvalue weighted by Gasteiger charge is -2.27. The van der Waals surface area contributed by atoms with Gasteiger partial charge in [0.25, 0.3) is 17.7 Å². The lowest BCUT2D eigenvalue weighted by Crippen LogP contribution is -2.54. The SMILES string of the molecule is O=C1CCC(N2C(=O)c3cccc(NCCNCCOCCNCc4ccc(-n5cc(NC(=O)c6coc(-c7ccnc(NCC8CC8)c7)n6)c(C(F)(F)F)n5)cc4)c3C2=O)C(=O)N1. The smallest absolute Gasteiger partial charge is 0.437 e. The van der Waals surface area contributed by atoms with Crippen molar-refractivity contribution in [3.8, 4) is 17.1 Å². The lowest BCUT2D eigenvalue weighted by atomic mass is 10.0. The maximum Gasteiger partial charge on any atom is 0.437 e. The predicted molar refractivity (Wildman–Crippen MR) is 224 cm³/mol. The first-order chi connectivity index (χ1) is 30.9. The molecule has 5 amide bonds. The van der Waals surface area contributed by atoms with E-state index in [0.717, 1.165) is 34.1 Å². The summed E-state index contributed by atoms with van der Waals surface area (Å²) in [5.74, 6) is -1.77. The van der Waals surface area contributed by atoms with Gasteiger partial charge < -0.3 is 35.7 Å². The third-order valence-corrected chi connectivity index (χ3v) is 10.7. The molecule has 5 heterocycles. The molecule has 1 aliphatic carbocycles. The van der Waals surface area contributed by atoms with E-state index in [-0.39, 0.29) is 35.6 Å². The number of fused-ring (bicyclic) bond motifs is 1. The molecule has 64 heavy (non-hydrogen) atoms. The number of carbonyl (C=O) groups excluding carboxylic acids is 5. The number of amides is 5. The fraction of sp³-hybridized carbons (Fsp3) is 0.349. The summed E-state index contributed by atoms with van der Waals surface area (Å²) in [4.78, 5) is 72.7. The van der Waals surface area contributed by atoms with Gasteiger partial charge in [0, 0.05) is 63.1 Å². The normalized spacial score (nSPS) is 16.2. The van der Waals surface area contributed by atoms with Crippen LogP contribution in [0.2, 0.25) is 0 Å². The molecule has 21 heteroatoms. The van der Waals surface area contributed by atoms with Crippen molar-refractivity contribution in [2.24, 2.45) is 5.92 Å². The van der Waals surface area contributed by atoms with Gasteiger partial charge in [0.2, 0.25) is 17.7 Å². The molecule has 1 unspecified atom stereocenters. The van der Waals surface area contributed by atoms with Crippen molar-refractivity contribution in [1.82, 2.24) is 40.6 Å². The molecule has 18 nitrogen and oxygen atoms in total. The second-order valence-corrected chi connectivity index (χ2v) is 15.4. The van der Waals surface area contributed by atoms with E-state index in [9.17, 15) is 37.1 Å². The van der Waals surface area contributed by atoms with Crippen LogP contribution >= 0.6 is 0 Å². The van der Waals surface area contributed by atoms with E-state index < -0.39 is 53.1 Å². The Morgan fingerprint density at radius 1 is 0.906 bits per heavy atom. The molecular weight excluding hydrogens is 840 g/mol. The maximum absolute atomic E-state index is 14.1. The monoisotopic (exact) mass is 883 g/mol. The number of oxazole rings is 1. The number of nitrogens with zero attached hydrogens (tertiary/aromatic N) is 5. The van der Waals surface area contributed by atoms with Crippen LogP contribution in [0, 0.1) is 5.92 Å². The molecule has 1 saturated heterocycles. The van der Waals surface area contributed by atoms with Crippen molar-refractivity contribution >= 4 is 46.7 Å². The van der Waals surface area contributed by atoms with Crippen LogP contribution in [0.15, 0.2) is 77.7 Å². The number of carbonyl (C=O) groups is 5. The molecule has 2 aromatic carbocycles. The molecule has 5 aromatic rings. The van der Waals surface area contributed by atoms with Gasteiger partial charge in [-0.05, 0) is 67.1 Å². The van der Waals surface area contributed by atoms with Crippen molar-refractivity contribution in [3.63, 3.8) is 0 Å². The largest absolute Gasteiger partial charge is 0.444 e. The summed E-state index contributed by atoms with van der Waals surface area (Å²) < 4.78 is 54.4. The molecular formula is C43H44F3N11O7. The number of pyridine rings is 1. The first-order valence-corrected chi connectivity index (χ1v) is 20.7. The number of benzene rings is 2. The molecule has 0 spiro atoms. The van der Waals surface area contributed by atoms with Crippen molar-refractivity contribution in [2.75, 3.05) is 61.9 Å². The molecule has 0 bridgehead atoms. The van der Waals surface area contributed by atoms with Gasteiger partial charge in [-0.25, -0.2) is 14.6 Å². The summed E-state index contributed by atoms with van der Waals surface area (Å²) in [6, 6.07) is 14.0. The number of aromatic nitrogens is 4. The van der Waals surface area contributed by atoms with E-state index >= 15 is 0 Å². The summed E-state index contributed by atoms with van der Waals surface area (Å²) in [6.07, 6.45) is 1.36. The number of rotatable bonds is 20. The standard InChI is InChI=1S/C43H44F3N11O7/c44-43(45,46)37-31(52-38(59)32-24-64-40(53-32)27-12-13-50-34(20-27)51-22-26-4-5-26)23-56(55-37)28-8-6-25(7-9-28)21-48-17-19-63-18-16-47-14-15-49-30-3-1-2-29-36(30)42(62)57(41(29)61)33-10-11-35(58)54-39(33)60/h1-3,6-9,12-13,20,23-24,26,33,47-49H,4-5,10-11,14-19,21-22H2,(H,50,51)(H,52,59)(H,54,58,60). The van der Waals surface area contributed by atoms with Crippen LogP contribution in [-0.4, -0.2) is 106 Å². The maximum atomic E-state index is 14.1. The Bertz CT molecular complexity index is 2540. The summed E-state index contributed by atoms with van der Waals surface area (Å²) in [6.45, 7) is 4.19. The number of hydrogen-bond acceptors (Lipinski definition) is 14. The Kier molecular flexibility index (Phi) is 13.1. The third-order valence-electron chi connectivity index (χ3n) is 10.7. The van der Waals surface area contributed by atoms with E-state index in [1.54, 1.807) is 60.8 Å². The fourth-order valence-electron chi connectivity index (χ4n) is 7.20. The Morgan fingerprint density at radius 2 is 1.70 bits per heavy atom. The van der Waals surface area contributed by atoms with Crippen molar-refractivity contribution in [1.29, 1.82) is 0 Å². The summed E-state index contributed by atoms with van der Waals surface area (Å²) >= 11 is 0. The molecule has 1 saturated carbocycles. The fourth-order valence-corrected chi connectivity index (χ4v) is 7.20. The van der Waals surface area contributed by atoms with Gasteiger partial charge in [-0.2, -0.15) is 18.3 Å². The highest BCUT2D eigenvalue weighted by atomic mass is 19.4. The van der Waals surface area contributed by atoms with Crippen LogP contribution in [0.1, 0.15) is 68.1 Å². The number of hydrogen-bond donors (Lipinski definition) is 6. The van der Waals surface area contributed by atoms with E-state index in [2.05, 4.69) is 47.0 Å². The van der Waals surface area contributed by atoms with E-state index in [1.807, 2.05) is 0 Å². The number of imide groups is 2. The van der Waals surface area contributed by atoms with E-state index in [1.165, 1.54) is 12.8 Å². The van der Waals surface area contributed by atoms with Crippen molar-refractivity contribution in [2.45, 2.75) is 44.4 Å². The molecule has 3 aliphatic rings. The highest BCUT2D eigenvalue weighted by Crippen LogP contribution is 2.35. The number of piperidine rings is 1. The Morgan fingerprint density at radius 3 is 2.47 bits per heavy atom. The number of ether oxygens (including phenoxy) is 1. The second-order valence-electron chi connectivity index (χ2n) is 15.4. The highest BCUT2D eigenvalue weighted by molar-refractivity contribution is 6.25. The Balaban J connectivity index is 0.739. The summed E-state index contributed by atoms with van der Waals surface area (Å²) in [5.41, 5.74) is 0.632.